The Labute approximate surface area is 253 Å². The molecule has 6 heteroatoms. The third kappa shape index (κ3) is 3.31. The van der Waals surface area contributed by atoms with Crippen molar-refractivity contribution in [1.29, 1.82) is 0 Å². The molecule has 0 unspecified atom stereocenters. The van der Waals surface area contributed by atoms with Crippen molar-refractivity contribution in [2.24, 2.45) is 0 Å². The zero-order valence-corrected chi connectivity index (χ0v) is 25.3. The number of hydrogen-bond donors (Lipinski definition) is 0. The van der Waals surface area contributed by atoms with Gasteiger partial charge in [0.15, 0.2) is 0 Å². The average Bonchev–Trinajstić information content (AvgIpc) is 2.97. The highest BCUT2D eigenvalue weighted by molar-refractivity contribution is 6.43. The number of nitrogens with zero attached hydrogens (tertiary/aromatic N) is 1. The van der Waals surface area contributed by atoms with Crippen molar-refractivity contribution in [1.82, 2.24) is 0 Å². The molecule has 0 saturated carbocycles. The number of benzene rings is 6. The predicted octanol–water partition coefficient (Wildman–Crippen LogP) is 8.44. The molecule has 2 amide bonds. The van der Waals surface area contributed by atoms with Gasteiger partial charge in [0.2, 0.25) is 0 Å². The molecule has 8 rings (SSSR count). The van der Waals surface area contributed by atoms with Gasteiger partial charge in [0.05, 0.1) is 16.8 Å². The standard InChI is InChI=1S/C38H29NO5/c1-37(2,3)18-7-16-27(38(4,5)6)28(17-18)39-33(40)23-12-8-19-21-10-14-25-32-26(36(43)44-35(25)42)15-11-22(30(21)32)20-9-13-24(34(39)41)31(23)29(19)20/h7-17H,1-6H3. The summed E-state index contributed by atoms with van der Waals surface area (Å²) < 4.78 is 4.98. The first-order valence-electron chi connectivity index (χ1n) is 14.8. The fraction of sp³-hybridized carbons (Fsp3) is 0.211. The second kappa shape index (κ2) is 8.29. The van der Waals surface area contributed by atoms with Gasteiger partial charge in [-0.25, -0.2) is 14.5 Å². The minimum atomic E-state index is -0.663. The number of amides is 2. The topological polar surface area (TPSA) is 80.8 Å². The number of hydrogen-bond acceptors (Lipinski definition) is 5. The zero-order chi connectivity index (χ0) is 31.0. The highest BCUT2D eigenvalue weighted by Gasteiger charge is 2.38. The van der Waals surface area contributed by atoms with Gasteiger partial charge in [-0.2, -0.15) is 0 Å². The maximum atomic E-state index is 14.4. The van der Waals surface area contributed by atoms with E-state index in [0.717, 1.165) is 43.4 Å². The minimum absolute atomic E-state index is 0.179. The molecule has 0 bridgehead atoms. The van der Waals surface area contributed by atoms with Crippen LogP contribution in [-0.2, 0) is 15.6 Å². The number of cyclic esters (lactones) is 2. The van der Waals surface area contributed by atoms with Crippen molar-refractivity contribution in [2.75, 3.05) is 4.90 Å². The summed E-state index contributed by atoms with van der Waals surface area (Å²) in [5.41, 5.74) is 3.71. The fourth-order valence-electron chi connectivity index (χ4n) is 7.15. The van der Waals surface area contributed by atoms with Crippen LogP contribution < -0.4 is 4.90 Å². The average molecular weight is 580 g/mol. The Morgan fingerprint density at radius 2 is 0.932 bits per heavy atom. The van der Waals surface area contributed by atoms with Gasteiger partial charge in [-0.1, -0.05) is 77.9 Å². The maximum absolute atomic E-state index is 14.4. The lowest BCUT2D eigenvalue weighted by Crippen LogP contribution is -2.42. The lowest BCUT2D eigenvalue weighted by Gasteiger charge is -2.34. The summed E-state index contributed by atoms with van der Waals surface area (Å²) in [6, 6.07) is 20.7. The Kier molecular flexibility index (Phi) is 5.00. The molecule has 0 spiro atoms. The Hall–Kier alpha value is -5.10. The molecule has 2 aliphatic rings. The molecule has 6 aromatic carbocycles. The minimum Gasteiger partial charge on any atom is -0.386 e. The van der Waals surface area contributed by atoms with Crippen LogP contribution in [0.5, 0.6) is 0 Å². The van der Waals surface area contributed by atoms with Crippen molar-refractivity contribution in [3.63, 3.8) is 0 Å². The van der Waals surface area contributed by atoms with Gasteiger partial charge in [-0.05, 0) is 84.6 Å². The SMILES string of the molecule is CC(C)(C)c1ccc(C(C)(C)C)c(N2C(=O)c3ccc4c5ccc6c7c(ccc(c8ccc(c3c48)C2=O)c75)C(=O)OC6=O)c1. The third-order valence-corrected chi connectivity index (χ3v) is 9.31. The summed E-state index contributed by atoms with van der Waals surface area (Å²) in [6.45, 7) is 12.6. The summed E-state index contributed by atoms with van der Waals surface area (Å²) in [7, 11) is 0. The molecule has 44 heavy (non-hydrogen) atoms. The van der Waals surface area contributed by atoms with Gasteiger partial charge >= 0.3 is 11.9 Å². The number of rotatable bonds is 1. The molecule has 6 nitrogen and oxygen atoms in total. The second-order valence-electron chi connectivity index (χ2n) is 14.0. The molecule has 0 radical (unpaired) electrons. The van der Waals surface area contributed by atoms with Crippen LogP contribution in [-0.4, -0.2) is 23.8 Å². The van der Waals surface area contributed by atoms with Gasteiger partial charge in [-0.3, -0.25) is 9.59 Å². The monoisotopic (exact) mass is 579 g/mol. The first-order valence-corrected chi connectivity index (χ1v) is 14.8. The molecular weight excluding hydrogens is 550 g/mol. The lowest BCUT2D eigenvalue weighted by molar-refractivity contribution is 0.0390. The van der Waals surface area contributed by atoms with Gasteiger partial charge in [-0.15, -0.1) is 0 Å². The van der Waals surface area contributed by atoms with Crippen LogP contribution in [0.2, 0.25) is 0 Å². The number of anilines is 1. The smallest absolute Gasteiger partial charge is 0.346 e. The lowest BCUT2D eigenvalue weighted by atomic mass is 9.80. The van der Waals surface area contributed by atoms with Crippen LogP contribution in [0, 0.1) is 0 Å². The van der Waals surface area contributed by atoms with Crippen molar-refractivity contribution in [3.05, 3.63) is 100 Å². The van der Waals surface area contributed by atoms with Gasteiger partial charge in [0.25, 0.3) is 11.8 Å². The van der Waals surface area contributed by atoms with E-state index in [9.17, 15) is 19.2 Å². The number of imide groups is 1. The quantitative estimate of drug-likeness (QED) is 0.0642. The molecule has 2 heterocycles. The maximum Gasteiger partial charge on any atom is 0.346 e. The number of ether oxygens (including phenoxy) is 1. The molecule has 0 N–H and O–H groups in total. The molecule has 2 aliphatic heterocycles. The van der Waals surface area contributed by atoms with E-state index in [1.165, 1.54) is 4.90 Å². The first kappa shape index (κ1) is 26.5. The van der Waals surface area contributed by atoms with Crippen molar-refractivity contribution in [2.45, 2.75) is 52.4 Å². The molecule has 0 saturated heterocycles. The summed E-state index contributed by atoms with van der Waals surface area (Å²) in [6.07, 6.45) is 0. The van der Waals surface area contributed by atoms with Gasteiger partial charge < -0.3 is 4.74 Å². The Morgan fingerprint density at radius 3 is 1.36 bits per heavy atom. The zero-order valence-electron chi connectivity index (χ0n) is 25.3. The Bertz CT molecular complexity index is 2230. The first-order chi connectivity index (χ1) is 20.8. The summed E-state index contributed by atoms with van der Waals surface area (Å²) in [5, 5.41) is 6.21. The fourth-order valence-corrected chi connectivity index (χ4v) is 7.15. The highest BCUT2D eigenvalue weighted by Crippen LogP contribution is 2.47. The summed E-state index contributed by atoms with van der Waals surface area (Å²) in [5.74, 6) is -2.04. The largest absolute Gasteiger partial charge is 0.386 e. The summed E-state index contributed by atoms with van der Waals surface area (Å²) >= 11 is 0. The van der Waals surface area contributed by atoms with E-state index in [1.807, 2.05) is 36.4 Å². The van der Waals surface area contributed by atoms with E-state index in [1.54, 1.807) is 24.3 Å². The molecule has 216 valence electrons. The number of carbonyl (C=O) groups excluding carboxylic acids is 4. The van der Waals surface area contributed by atoms with Crippen LogP contribution in [0.3, 0.4) is 0 Å². The summed E-state index contributed by atoms with van der Waals surface area (Å²) in [4.78, 5) is 55.5. The van der Waals surface area contributed by atoms with Crippen LogP contribution in [0.4, 0.5) is 5.69 Å². The van der Waals surface area contributed by atoms with Crippen LogP contribution in [0.15, 0.2) is 66.7 Å². The third-order valence-electron chi connectivity index (χ3n) is 9.31. The second-order valence-corrected chi connectivity index (χ2v) is 14.0. The molecule has 0 aromatic heterocycles. The molecule has 0 atom stereocenters. The van der Waals surface area contributed by atoms with E-state index in [2.05, 4.69) is 47.6 Å². The van der Waals surface area contributed by atoms with Crippen LogP contribution in [0.25, 0.3) is 43.1 Å². The normalized spacial score (nSPS) is 15.4. The van der Waals surface area contributed by atoms with E-state index in [0.29, 0.717) is 38.7 Å². The number of carbonyl (C=O) groups is 4. The molecular formula is C38H29NO5. The Balaban J connectivity index is 1.44. The number of fused-ring (bicyclic) bond motifs is 2. The van der Waals surface area contributed by atoms with Crippen LogP contribution >= 0.6 is 0 Å². The highest BCUT2D eigenvalue weighted by atomic mass is 16.6. The van der Waals surface area contributed by atoms with E-state index in [4.69, 9.17) is 4.74 Å². The van der Waals surface area contributed by atoms with E-state index in [-0.39, 0.29) is 22.6 Å². The molecule has 6 aromatic rings. The van der Waals surface area contributed by atoms with Crippen molar-refractivity contribution < 1.29 is 23.9 Å². The van der Waals surface area contributed by atoms with Crippen molar-refractivity contribution >= 4 is 72.5 Å². The van der Waals surface area contributed by atoms with Gasteiger partial charge in [0, 0.05) is 21.9 Å². The van der Waals surface area contributed by atoms with Crippen LogP contribution in [0.1, 0.15) is 94.1 Å². The van der Waals surface area contributed by atoms with E-state index < -0.39 is 11.9 Å². The van der Waals surface area contributed by atoms with Crippen molar-refractivity contribution in [3.8, 4) is 0 Å². The van der Waals surface area contributed by atoms with Gasteiger partial charge in [0.1, 0.15) is 0 Å². The molecule has 0 fully saturated rings. The number of esters is 2. The Morgan fingerprint density at radius 1 is 0.500 bits per heavy atom. The van der Waals surface area contributed by atoms with E-state index >= 15 is 0 Å². The molecule has 0 aliphatic carbocycles. The predicted molar refractivity (Wildman–Crippen MR) is 172 cm³/mol.